The van der Waals surface area contributed by atoms with E-state index in [9.17, 15) is 8.42 Å². The lowest BCUT2D eigenvalue weighted by atomic mass is 10.2. The van der Waals surface area contributed by atoms with Crippen LogP contribution in [0.1, 0.15) is 5.69 Å². The number of hydrogen-bond acceptors (Lipinski definition) is 5. The Morgan fingerprint density at radius 2 is 1.95 bits per heavy atom. The summed E-state index contributed by atoms with van der Waals surface area (Å²) in [6.07, 6.45) is 1.49. The van der Waals surface area contributed by atoms with Gasteiger partial charge in [-0.15, -0.1) is 11.3 Å². The van der Waals surface area contributed by atoms with Crippen molar-refractivity contribution in [3.63, 3.8) is 0 Å². The maximum atomic E-state index is 12.4. The third-order valence-corrected chi connectivity index (χ3v) is 6.29. The predicted octanol–water partition coefficient (Wildman–Crippen LogP) is 3.22. The van der Waals surface area contributed by atoms with Crippen molar-refractivity contribution in [1.29, 1.82) is 0 Å². The van der Waals surface area contributed by atoms with Gasteiger partial charge in [-0.1, -0.05) is 24.3 Å². The van der Waals surface area contributed by atoms with Crippen LogP contribution in [0.5, 0.6) is 0 Å². The van der Waals surface area contributed by atoms with Crippen LogP contribution in [-0.4, -0.2) is 24.8 Å². The standard InChI is InChI=1S/C15H14N2O3S2/c1-17(22(18,19)14-8-5-9-21-14)10-13-11-20-15(16-13)12-6-3-2-4-7-12/h2-9,11H,10H2,1H3. The zero-order chi connectivity index (χ0) is 15.6. The van der Waals surface area contributed by atoms with Crippen molar-refractivity contribution < 1.29 is 12.8 Å². The molecular formula is C15H14N2O3S2. The highest BCUT2D eigenvalue weighted by atomic mass is 32.2. The first-order chi connectivity index (χ1) is 10.6. The second-order valence-corrected chi connectivity index (χ2v) is 7.92. The molecule has 0 aliphatic carbocycles. The number of thiophene rings is 1. The van der Waals surface area contributed by atoms with Crippen molar-refractivity contribution in [1.82, 2.24) is 9.29 Å². The molecule has 22 heavy (non-hydrogen) atoms. The number of oxazole rings is 1. The van der Waals surface area contributed by atoms with Gasteiger partial charge in [0.2, 0.25) is 5.89 Å². The highest BCUT2D eigenvalue weighted by Gasteiger charge is 2.23. The van der Waals surface area contributed by atoms with Crippen LogP contribution in [0.15, 0.2) is 62.7 Å². The molecule has 3 aromatic rings. The van der Waals surface area contributed by atoms with Gasteiger partial charge < -0.3 is 4.42 Å². The van der Waals surface area contributed by atoms with Gasteiger partial charge in [0.1, 0.15) is 10.5 Å². The van der Waals surface area contributed by atoms with Crippen molar-refractivity contribution in [3.8, 4) is 11.5 Å². The van der Waals surface area contributed by atoms with Crippen LogP contribution in [0, 0.1) is 0 Å². The molecule has 0 saturated heterocycles. The van der Waals surface area contributed by atoms with Crippen molar-refractivity contribution in [2.24, 2.45) is 0 Å². The predicted molar refractivity (Wildman–Crippen MR) is 84.9 cm³/mol. The Morgan fingerprint density at radius 1 is 1.18 bits per heavy atom. The minimum Gasteiger partial charge on any atom is -0.444 e. The van der Waals surface area contributed by atoms with Crippen LogP contribution < -0.4 is 0 Å². The Balaban J connectivity index is 1.78. The second kappa shape index (κ2) is 6.04. The molecule has 1 aromatic carbocycles. The molecule has 2 aromatic heterocycles. The summed E-state index contributed by atoms with van der Waals surface area (Å²) in [7, 11) is -1.95. The third kappa shape index (κ3) is 2.96. The van der Waals surface area contributed by atoms with E-state index in [-0.39, 0.29) is 6.54 Å². The second-order valence-electron chi connectivity index (χ2n) is 4.70. The molecule has 5 nitrogen and oxygen atoms in total. The Kier molecular flexibility index (Phi) is 4.10. The number of hydrogen-bond donors (Lipinski definition) is 0. The summed E-state index contributed by atoms with van der Waals surface area (Å²) in [6.45, 7) is 0.163. The molecule has 0 N–H and O–H groups in total. The van der Waals surface area contributed by atoms with Crippen LogP contribution >= 0.6 is 11.3 Å². The molecule has 0 saturated carbocycles. The fourth-order valence-electron chi connectivity index (χ4n) is 1.97. The summed E-state index contributed by atoms with van der Waals surface area (Å²) in [5.41, 5.74) is 1.43. The van der Waals surface area contributed by atoms with Gasteiger partial charge in [0, 0.05) is 12.6 Å². The molecular weight excluding hydrogens is 320 g/mol. The zero-order valence-electron chi connectivity index (χ0n) is 11.8. The lowest BCUT2D eigenvalue weighted by Gasteiger charge is -2.14. The van der Waals surface area contributed by atoms with Gasteiger partial charge in [0.15, 0.2) is 0 Å². The first kappa shape index (κ1) is 15.0. The molecule has 7 heteroatoms. The van der Waals surface area contributed by atoms with Crippen LogP contribution in [0.4, 0.5) is 0 Å². The molecule has 0 aliphatic rings. The summed E-state index contributed by atoms with van der Waals surface area (Å²) in [5.74, 6) is 0.484. The largest absolute Gasteiger partial charge is 0.444 e. The molecule has 0 bridgehead atoms. The SMILES string of the molecule is CN(Cc1coc(-c2ccccc2)n1)S(=O)(=O)c1cccs1. The van der Waals surface area contributed by atoms with Gasteiger partial charge in [-0.25, -0.2) is 13.4 Å². The number of rotatable bonds is 5. The van der Waals surface area contributed by atoms with Gasteiger partial charge in [0.05, 0.1) is 12.2 Å². The van der Waals surface area contributed by atoms with Gasteiger partial charge in [0.25, 0.3) is 10.0 Å². The molecule has 0 spiro atoms. The van der Waals surface area contributed by atoms with Gasteiger partial charge >= 0.3 is 0 Å². The lowest BCUT2D eigenvalue weighted by Crippen LogP contribution is -2.25. The minimum atomic E-state index is -3.48. The van der Waals surface area contributed by atoms with E-state index in [0.717, 1.165) is 5.56 Å². The fraction of sp³-hybridized carbons (Fsp3) is 0.133. The first-order valence-electron chi connectivity index (χ1n) is 6.57. The highest BCUT2D eigenvalue weighted by molar-refractivity contribution is 7.91. The smallest absolute Gasteiger partial charge is 0.252 e. The maximum Gasteiger partial charge on any atom is 0.252 e. The summed E-state index contributed by atoms with van der Waals surface area (Å²) < 4.78 is 31.7. The lowest BCUT2D eigenvalue weighted by molar-refractivity contribution is 0.462. The molecule has 0 unspecified atom stereocenters. The quantitative estimate of drug-likeness (QED) is 0.719. The maximum absolute atomic E-state index is 12.4. The van der Waals surface area contributed by atoms with Crippen LogP contribution in [0.3, 0.4) is 0 Å². The average Bonchev–Trinajstić information content (AvgIpc) is 3.20. The van der Waals surface area contributed by atoms with Crippen LogP contribution in [0.25, 0.3) is 11.5 Å². The van der Waals surface area contributed by atoms with Crippen molar-refractivity contribution >= 4 is 21.4 Å². The monoisotopic (exact) mass is 334 g/mol. The molecule has 2 heterocycles. The van der Waals surface area contributed by atoms with E-state index in [2.05, 4.69) is 4.98 Å². The summed E-state index contributed by atoms with van der Waals surface area (Å²) in [6, 6.07) is 12.8. The zero-order valence-corrected chi connectivity index (χ0v) is 13.5. The summed E-state index contributed by atoms with van der Waals surface area (Å²) >= 11 is 1.20. The van der Waals surface area contributed by atoms with E-state index < -0.39 is 10.0 Å². The fourth-order valence-corrected chi connectivity index (χ4v) is 4.31. The van der Waals surface area contributed by atoms with Crippen LogP contribution in [0.2, 0.25) is 0 Å². The van der Waals surface area contributed by atoms with E-state index in [1.165, 1.54) is 29.0 Å². The molecule has 0 amide bonds. The Labute approximate surface area is 132 Å². The summed E-state index contributed by atoms with van der Waals surface area (Å²) in [5, 5.41) is 1.74. The Hall–Kier alpha value is -1.96. The Bertz CT molecular complexity index is 840. The van der Waals surface area contributed by atoms with E-state index in [1.54, 1.807) is 17.5 Å². The van der Waals surface area contributed by atoms with Gasteiger partial charge in [-0.3, -0.25) is 0 Å². The topological polar surface area (TPSA) is 63.4 Å². The molecule has 0 radical (unpaired) electrons. The van der Waals surface area contributed by atoms with E-state index in [1.807, 2.05) is 30.3 Å². The minimum absolute atomic E-state index is 0.163. The first-order valence-corrected chi connectivity index (χ1v) is 8.89. The van der Waals surface area contributed by atoms with E-state index in [4.69, 9.17) is 4.42 Å². The average molecular weight is 334 g/mol. The van der Waals surface area contributed by atoms with Crippen molar-refractivity contribution in [2.45, 2.75) is 10.8 Å². The highest BCUT2D eigenvalue weighted by Crippen LogP contribution is 2.23. The summed E-state index contributed by atoms with van der Waals surface area (Å²) in [4.78, 5) is 4.35. The number of sulfonamides is 1. The molecule has 0 atom stereocenters. The third-order valence-electron chi connectivity index (χ3n) is 3.12. The van der Waals surface area contributed by atoms with Crippen molar-refractivity contribution in [3.05, 3.63) is 59.8 Å². The molecule has 0 fully saturated rings. The van der Waals surface area contributed by atoms with Gasteiger partial charge in [-0.05, 0) is 23.6 Å². The van der Waals surface area contributed by atoms with Crippen LogP contribution in [-0.2, 0) is 16.6 Å². The Morgan fingerprint density at radius 3 is 2.64 bits per heavy atom. The number of nitrogens with zero attached hydrogens (tertiary/aromatic N) is 2. The van der Waals surface area contributed by atoms with E-state index >= 15 is 0 Å². The normalized spacial score (nSPS) is 11.9. The number of aromatic nitrogens is 1. The molecule has 0 aliphatic heterocycles. The molecule has 3 rings (SSSR count). The van der Waals surface area contributed by atoms with E-state index in [0.29, 0.717) is 15.8 Å². The van der Waals surface area contributed by atoms with Crippen molar-refractivity contribution in [2.75, 3.05) is 7.05 Å². The van der Waals surface area contributed by atoms with Gasteiger partial charge in [-0.2, -0.15) is 4.31 Å². The number of benzene rings is 1. The molecule has 114 valence electrons.